The van der Waals surface area contributed by atoms with Gasteiger partial charge in [-0.3, -0.25) is 0 Å². The molecule has 1 aromatic heterocycles. The van der Waals surface area contributed by atoms with Gasteiger partial charge in [0.25, 0.3) is 0 Å². The Morgan fingerprint density at radius 1 is 1.19 bits per heavy atom. The summed E-state index contributed by atoms with van der Waals surface area (Å²) in [6.45, 7) is 8.92. The summed E-state index contributed by atoms with van der Waals surface area (Å²) >= 11 is 0. The first-order valence-electron chi connectivity index (χ1n) is 8.14. The van der Waals surface area contributed by atoms with Crippen molar-refractivity contribution in [2.24, 2.45) is 11.1 Å². The molecule has 21 heavy (non-hydrogen) atoms. The van der Waals surface area contributed by atoms with Gasteiger partial charge in [0, 0.05) is 13.2 Å². The molecular formula is C15H29N5O. The molecule has 0 atom stereocenters. The number of unbranched alkanes of at least 4 members (excludes halogenated alkanes) is 1. The van der Waals surface area contributed by atoms with Gasteiger partial charge in [0.05, 0.1) is 0 Å². The SMILES string of the molecule is CCOC1(c2nnnn2CCCCN)CCC(C)(C)CC1. The fraction of sp³-hybridized carbons (Fsp3) is 0.933. The van der Waals surface area contributed by atoms with E-state index in [1.165, 1.54) is 0 Å². The van der Waals surface area contributed by atoms with Crippen LogP contribution in [0.15, 0.2) is 0 Å². The maximum atomic E-state index is 6.17. The van der Waals surface area contributed by atoms with Gasteiger partial charge in [-0.1, -0.05) is 13.8 Å². The minimum atomic E-state index is -0.309. The van der Waals surface area contributed by atoms with E-state index in [9.17, 15) is 0 Å². The van der Waals surface area contributed by atoms with Crippen LogP contribution in [0.4, 0.5) is 0 Å². The molecule has 0 unspecified atom stereocenters. The first kappa shape index (κ1) is 16.4. The molecule has 0 radical (unpaired) electrons. The third-order valence-corrected chi connectivity index (χ3v) is 4.60. The molecular weight excluding hydrogens is 266 g/mol. The van der Waals surface area contributed by atoms with Gasteiger partial charge >= 0.3 is 0 Å². The topological polar surface area (TPSA) is 78.9 Å². The summed E-state index contributed by atoms with van der Waals surface area (Å²) in [6.07, 6.45) is 6.26. The van der Waals surface area contributed by atoms with E-state index in [4.69, 9.17) is 10.5 Å². The fourth-order valence-corrected chi connectivity index (χ4v) is 3.13. The standard InChI is InChI=1S/C15H29N5O/c1-4-21-15(9-7-14(2,3)8-10-15)13-17-18-19-20(13)12-6-5-11-16/h4-12,16H2,1-3H3. The van der Waals surface area contributed by atoms with Crippen LogP contribution in [0.5, 0.6) is 0 Å². The summed E-state index contributed by atoms with van der Waals surface area (Å²) in [7, 11) is 0. The minimum Gasteiger partial charge on any atom is -0.367 e. The molecule has 6 heteroatoms. The van der Waals surface area contributed by atoms with Crippen LogP contribution in [0.1, 0.15) is 65.1 Å². The molecule has 2 rings (SSSR count). The summed E-state index contributed by atoms with van der Waals surface area (Å²) in [5, 5.41) is 12.4. The third kappa shape index (κ3) is 3.80. The highest BCUT2D eigenvalue weighted by atomic mass is 16.5. The van der Waals surface area contributed by atoms with E-state index in [0.29, 0.717) is 18.6 Å². The number of tetrazole rings is 1. The number of aryl methyl sites for hydroxylation is 1. The largest absolute Gasteiger partial charge is 0.367 e. The Morgan fingerprint density at radius 3 is 2.52 bits per heavy atom. The Balaban J connectivity index is 2.17. The predicted molar refractivity (Wildman–Crippen MR) is 81.7 cm³/mol. The van der Waals surface area contributed by atoms with Crippen molar-refractivity contribution in [3.63, 3.8) is 0 Å². The Morgan fingerprint density at radius 2 is 1.90 bits per heavy atom. The highest BCUT2D eigenvalue weighted by Gasteiger charge is 2.44. The van der Waals surface area contributed by atoms with E-state index < -0.39 is 0 Å². The van der Waals surface area contributed by atoms with Gasteiger partial charge < -0.3 is 10.5 Å². The van der Waals surface area contributed by atoms with Gasteiger partial charge in [-0.2, -0.15) is 0 Å². The first-order chi connectivity index (χ1) is 10.0. The van der Waals surface area contributed by atoms with E-state index in [0.717, 1.165) is 50.9 Å². The lowest BCUT2D eigenvalue weighted by molar-refractivity contribution is -0.0974. The summed E-state index contributed by atoms with van der Waals surface area (Å²) in [5.74, 6) is 0.900. The van der Waals surface area contributed by atoms with Gasteiger partial charge in [-0.25, -0.2) is 4.68 Å². The second-order valence-electron chi connectivity index (χ2n) is 6.81. The molecule has 120 valence electrons. The molecule has 1 aliphatic rings. The van der Waals surface area contributed by atoms with Crippen molar-refractivity contribution in [3.05, 3.63) is 5.82 Å². The van der Waals surface area contributed by atoms with Gasteiger partial charge in [0.1, 0.15) is 5.60 Å². The number of hydrogen-bond acceptors (Lipinski definition) is 5. The van der Waals surface area contributed by atoms with E-state index in [1.54, 1.807) is 0 Å². The number of nitrogens with two attached hydrogens (primary N) is 1. The molecule has 6 nitrogen and oxygen atoms in total. The van der Waals surface area contributed by atoms with Crippen molar-refractivity contribution in [1.29, 1.82) is 0 Å². The van der Waals surface area contributed by atoms with Crippen molar-refractivity contribution in [2.45, 2.75) is 71.4 Å². The van der Waals surface area contributed by atoms with Crippen LogP contribution >= 0.6 is 0 Å². The van der Waals surface area contributed by atoms with Crippen molar-refractivity contribution in [2.75, 3.05) is 13.2 Å². The first-order valence-corrected chi connectivity index (χ1v) is 8.14. The van der Waals surface area contributed by atoms with E-state index in [-0.39, 0.29) is 5.60 Å². The van der Waals surface area contributed by atoms with Gasteiger partial charge in [-0.05, 0) is 67.8 Å². The number of hydrogen-bond donors (Lipinski definition) is 1. The molecule has 1 saturated carbocycles. The Bertz CT molecular complexity index is 433. The highest BCUT2D eigenvalue weighted by Crippen LogP contribution is 2.46. The number of ether oxygens (including phenoxy) is 1. The van der Waals surface area contributed by atoms with Crippen molar-refractivity contribution < 1.29 is 4.74 Å². The zero-order chi connectivity index (χ0) is 15.3. The summed E-state index contributed by atoms with van der Waals surface area (Å²) in [6, 6.07) is 0. The highest BCUT2D eigenvalue weighted by molar-refractivity contribution is 5.04. The molecule has 0 aliphatic heterocycles. The van der Waals surface area contributed by atoms with E-state index in [2.05, 4.69) is 29.4 Å². The number of nitrogens with zero attached hydrogens (tertiary/aromatic N) is 4. The molecule has 1 aromatic rings. The van der Waals surface area contributed by atoms with Crippen LogP contribution in [0.25, 0.3) is 0 Å². The summed E-state index contributed by atoms with van der Waals surface area (Å²) in [5.41, 5.74) is 5.65. The van der Waals surface area contributed by atoms with Gasteiger partial charge in [0.15, 0.2) is 5.82 Å². The number of rotatable bonds is 7. The predicted octanol–water partition coefficient (Wildman–Crippen LogP) is 2.24. The van der Waals surface area contributed by atoms with Crippen molar-refractivity contribution in [3.8, 4) is 0 Å². The maximum absolute atomic E-state index is 6.17. The third-order valence-electron chi connectivity index (χ3n) is 4.60. The molecule has 1 heterocycles. The molecule has 0 aromatic carbocycles. The lowest BCUT2D eigenvalue weighted by Gasteiger charge is -2.42. The Hall–Kier alpha value is -1.01. The van der Waals surface area contributed by atoms with Crippen LogP contribution in [0.3, 0.4) is 0 Å². The molecule has 0 amide bonds. The summed E-state index contributed by atoms with van der Waals surface area (Å²) < 4.78 is 8.09. The zero-order valence-electron chi connectivity index (χ0n) is 13.6. The van der Waals surface area contributed by atoms with Gasteiger partial charge in [-0.15, -0.1) is 5.10 Å². The zero-order valence-corrected chi connectivity index (χ0v) is 13.6. The van der Waals surface area contributed by atoms with Crippen LogP contribution < -0.4 is 5.73 Å². The second kappa shape index (κ2) is 6.83. The van der Waals surface area contributed by atoms with Crippen LogP contribution in [-0.2, 0) is 16.9 Å². The Labute approximate surface area is 127 Å². The summed E-state index contributed by atoms with van der Waals surface area (Å²) in [4.78, 5) is 0. The average molecular weight is 295 g/mol. The second-order valence-corrected chi connectivity index (χ2v) is 6.81. The molecule has 0 spiro atoms. The average Bonchev–Trinajstić information content (AvgIpc) is 2.91. The lowest BCUT2D eigenvalue weighted by atomic mass is 9.70. The minimum absolute atomic E-state index is 0.309. The molecule has 1 fully saturated rings. The van der Waals surface area contributed by atoms with E-state index >= 15 is 0 Å². The van der Waals surface area contributed by atoms with Crippen molar-refractivity contribution >= 4 is 0 Å². The van der Waals surface area contributed by atoms with E-state index in [1.807, 2.05) is 11.6 Å². The Kier molecular flexibility index (Phi) is 5.32. The lowest BCUT2D eigenvalue weighted by Crippen LogP contribution is -2.40. The van der Waals surface area contributed by atoms with Crippen molar-refractivity contribution in [1.82, 2.24) is 20.2 Å². The normalized spacial score (nSPS) is 20.6. The number of aromatic nitrogens is 4. The monoisotopic (exact) mass is 295 g/mol. The smallest absolute Gasteiger partial charge is 0.183 e. The van der Waals surface area contributed by atoms with Crippen LogP contribution in [0.2, 0.25) is 0 Å². The molecule has 0 bridgehead atoms. The van der Waals surface area contributed by atoms with Gasteiger partial charge in [0.2, 0.25) is 0 Å². The van der Waals surface area contributed by atoms with Crippen LogP contribution in [0, 0.1) is 5.41 Å². The van der Waals surface area contributed by atoms with Crippen LogP contribution in [-0.4, -0.2) is 33.4 Å². The quantitative estimate of drug-likeness (QED) is 0.780. The maximum Gasteiger partial charge on any atom is 0.183 e. The molecule has 2 N–H and O–H groups in total. The molecule has 0 saturated heterocycles. The fourth-order valence-electron chi connectivity index (χ4n) is 3.13. The molecule has 1 aliphatic carbocycles.